The number of benzene rings is 4. The van der Waals surface area contributed by atoms with Gasteiger partial charge in [-0.15, -0.1) is 0 Å². The molecule has 0 saturated heterocycles. The number of rotatable bonds is 7. The van der Waals surface area contributed by atoms with Crippen LogP contribution in [0.1, 0.15) is 41.4 Å². The molecule has 172 valence electrons. The van der Waals surface area contributed by atoms with Gasteiger partial charge < -0.3 is 10.2 Å². The van der Waals surface area contributed by atoms with Crippen molar-refractivity contribution < 1.29 is 4.79 Å². The number of fused-ring (bicyclic) bond motifs is 1. The molecule has 4 aromatic carbocycles. The lowest BCUT2D eigenvalue weighted by Crippen LogP contribution is -2.58. The molecule has 0 aliphatic heterocycles. The van der Waals surface area contributed by atoms with Crippen LogP contribution >= 0.6 is 12.2 Å². The fourth-order valence-corrected chi connectivity index (χ4v) is 4.76. The van der Waals surface area contributed by atoms with Crippen LogP contribution in [0, 0.1) is 0 Å². The van der Waals surface area contributed by atoms with E-state index in [9.17, 15) is 4.79 Å². The summed E-state index contributed by atoms with van der Waals surface area (Å²) in [6.07, 6.45) is 0.595. The van der Waals surface area contributed by atoms with Gasteiger partial charge in [-0.1, -0.05) is 103 Å². The van der Waals surface area contributed by atoms with Gasteiger partial charge in [-0.3, -0.25) is 4.79 Å². The summed E-state index contributed by atoms with van der Waals surface area (Å²) in [5, 5.41) is 5.68. The number of hydrogen-bond acceptors (Lipinski definition) is 2. The van der Waals surface area contributed by atoms with E-state index in [0.29, 0.717) is 17.0 Å². The molecule has 0 fully saturated rings. The molecule has 0 spiro atoms. The van der Waals surface area contributed by atoms with Gasteiger partial charge in [-0.2, -0.15) is 0 Å². The monoisotopic (exact) mass is 466 g/mol. The highest BCUT2D eigenvalue weighted by atomic mass is 32.1. The molecule has 0 heterocycles. The van der Waals surface area contributed by atoms with Crippen molar-refractivity contribution >= 4 is 33.9 Å². The van der Waals surface area contributed by atoms with E-state index < -0.39 is 5.54 Å². The van der Waals surface area contributed by atoms with E-state index in [-0.39, 0.29) is 11.9 Å². The average Bonchev–Trinajstić information content (AvgIpc) is 2.88. The molecular weight excluding hydrogens is 436 g/mol. The zero-order valence-corrected chi connectivity index (χ0v) is 20.7. The van der Waals surface area contributed by atoms with Gasteiger partial charge in [0, 0.05) is 19.0 Å². The summed E-state index contributed by atoms with van der Waals surface area (Å²) in [6.45, 7) is 4.19. The minimum atomic E-state index is -0.753. The highest BCUT2D eigenvalue weighted by molar-refractivity contribution is 7.80. The highest BCUT2D eigenvalue weighted by Gasteiger charge is 2.36. The number of amides is 1. The molecule has 4 rings (SSSR count). The molecule has 0 aromatic heterocycles. The van der Waals surface area contributed by atoms with Gasteiger partial charge in [0.2, 0.25) is 0 Å². The van der Waals surface area contributed by atoms with E-state index in [0.717, 1.165) is 5.56 Å². The van der Waals surface area contributed by atoms with E-state index in [2.05, 4.69) is 71.7 Å². The van der Waals surface area contributed by atoms with Crippen LogP contribution in [0.2, 0.25) is 0 Å². The standard InChI is InChI=1S/C30H30N2OS/c1-22(26-20-12-18-24-15-10-11-19-27(24)26)32(3)29(34)30(2,21-23-13-6-4-7-14-23)31-28(33)25-16-8-5-9-17-25/h4-20,22H,21H2,1-3H3,(H,31,33)/t22-,30-/m1/s1. The predicted octanol–water partition coefficient (Wildman–Crippen LogP) is 6.59. The maximum Gasteiger partial charge on any atom is 0.252 e. The number of nitrogens with one attached hydrogen (secondary N) is 1. The second-order valence-electron chi connectivity index (χ2n) is 8.98. The summed E-state index contributed by atoms with van der Waals surface area (Å²) >= 11 is 6.09. The van der Waals surface area contributed by atoms with Crippen LogP contribution in [0.4, 0.5) is 0 Å². The third-order valence-electron chi connectivity index (χ3n) is 6.47. The van der Waals surface area contributed by atoms with Crippen LogP contribution in [-0.2, 0) is 6.42 Å². The Bertz CT molecular complexity index is 1280. The van der Waals surface area contributed by atoms with Crippen molar-refractivity contribution in [1.29, 1.82) is 0 Å². The molecule has 1 amide bonds. The van der Waals surface area contributed by atoms with Crippen molar-refractivity contribution in [3.63, 3.8) is 0 Å². The van der Waals surface area contributed by atoms with E-state index >= 15 is 0 Å². The van der Waals surface area contributed by atoms with Crippen LogP contribution in [0.5, 0.6) is 0 Å². The Labute approximate surface area is 207 Å². The molecule has 34 heavy (non-hydrogen) atoms. The second-order valence-corrected chi connectivity index (χ2v) is 9.36. The average molecular weight is 467 g/mol. The third kappa shape index (κ3) is 5.02. The smallest absolute Gasteiger partial charge is 0.252 e. The molecular formula is C30H30N2OS. The van der Waals surface area contributed by atoms with Crippen molar-refractivity contribution in [2.45, 2.75) is 31.8 Å². The SMILES string of the molecule is C[C@H](c1cccc2ccccc12)N(C)C(=S)[C@@](C)(Cc1ccccc1)NC(=O)c1ccccc1. The molecule has 0 saturated carbocycles. The Balaban J connectivity index is 1.66. The normalized spacial score (nSPS) is 13.6. The van der Waals surface area contributed by atoms with Gasteiger partial charge in [-0.25, -0.2) is 0 Å². The van der Waals surface area contributed by atoms with Crippen molar-refractivity contribution in [3.05, 3.63) is 120 Å². The van der Waals surface area contributed by atoms with Crippen molar-refractivity contribution in [1.82, 2.24) is 10.2 Å². The summed E-state index contributed by atoms with van der Waals surface area (Å²) in [5.74, 6) is -0.132. The van der Waals surface area contributed by atoms with Gasteiger partial charge in [0.05, 0.1) is 11.6 Å². The van der Waals surface area contributed by atoms with Crippen molar-refractivity contribution in [2.75, 3.05) is 7.05 Å². The Hall–Kier alpha value is -3.50. The molecule has 0 bridgehead atoms. The number of likely N-dealkylation sites (N-methyl/N-ethyl adjacent to an activating group) is 1. The van der Waals surface area contributed by atoms with Crippen molar-refractivity contribution in [3.8, 4) is 0 Å². The fraction of sp³-hybridized carbons (Fsp3) is 0.200. The maximum absolute atomic E-state index is 13.2. The lowest BCUT2D eigenvalue weighted by atomic mass is 9.90. The summed E-state index contributed by atoms with van der Waals surface area (Å²) in [5.41, 5.74) is 2.19. The predicted molar refractivity (Wildman–Crippen MR) is 145 cm³/mol. The van der Waals surface area contributed by atoms with E-state index in [4.69, 9.17) is 12.2 Å². The van der Waals surface area contributed by atoms with E-state index in [1.54, 1.807) is 0 Å². The molecule has 3 nitrogen and oxygen atoms in total. The molecule has 4 heteroatoms. The van der Waals surface area contributed by atoms with Crippen molar-refractivity contribution in [2.24, 2.45) is 0 Å². The third-order valence-corrected chi connectivity index (χ3v) is 7.21. The van der Waals surface area contributed by atoms with E-state index in [1.165, 1.54) is 16.3 Å². The summed E-state index contributed by atoms with van der Waals surface area (Å²) in [4.78, 5) is 16.0. The Morgan fingerprint density at radius 1 is 0.882 bits per heavy atom. The van der Waals surface area contributed by atoms with Gasteiger partial charge in [0.15, 0.2) is 0 Å². The molecule has 0 radical (unpaired) electrons. The molecule has 0 unspecified atom stereocenters. The highest BCUT2D eigenvalue weighted by Crippen LogP contribution is 2.30. The van der Waals surface area contributed by atoms with Crippen LogP contribution in [0.25, 0.3) is 10.8 Å². The Kier molecular flexibility index (Phi) is 7.09. The second kappa shape index (κ2) is 10.2. The zero-order chi connectivity index (χ0) is 24.1. The zero-order valence-electron chi connectivity index (χ0n) is 19.9. The van der Waals surface area contributed by atoms with Gasteiger partial charge >= 0.3 is 0 Å². The summed E-state index contributed by atoms with van der Waals surface area (Å²) in [7, 11) is 2.02. The molecule has 0 aliphatic carbocycles. The number of carbonyl (C=O) groups is 1. The lowest BCUT2D eigenvalue weighted by Gasteiger charge is -2.39. The maximum atomic E-state index is 13.2. The fourth-order valence-electron chi connectivity index (χ4n) is 4.48. The van der Waals surface area contributed by atoms with E-state index in [1.807, 2.05) is 62.5 Å². The first kappa shape index (κ1) is 23.7. The molecule has 1 N–H and O–H groups in total. The Morgan fingerprint density at radius 2 is 1.47 bits per heavy atom. The van der Waals surface area contributed by atoms with Crippen LogP contribution in [0.15, 0.2) is 103 Å². The van der Waals surface area contributed by atoms with Gasteiger partial charge in [-0.05, 0) is 47.9 Å². The van der Waals surface area contributed by atoms with Gasteiger partial charge in [0.1, 0.15) is 4.99 Å². The van der Waals surface area contributed by atoms with Gasteiger partial charge in [0.25, 0.3) is 5.91 Å². The van der Waals surface area contributed by atoms with Crippen LogP contribution in [-0.4, -0.2) is 28.4 Å². The quantitative estimate of drug-likeness (QED) is 0.312. The molecule has 0 aliphatic rings. The van der Waals surface area contributed by atoms with Crippen LogP contribution in [0.3, 0.4) is 0 Å². The Morgan fingerprint density at radius 3 is 2.18 bits per heavy atom. The summed E-state index contributed by atoms with van der Waals surface area (Å²) < 4.78 is 0. The molecule has 2 atom stereocenters. The summed E-state index contributed by atoms with van der Waals surface area (Å²) in [6, 6.07) is 34.3. The number of thiocarbonyl (C=S) groups is 1. The van der Waals surface area contributed by atoms with Crippen LogP contribution < -0.4 is 5.32 Å². The largest absolute Gasteiger partial charge is 0.360 e. The minimum Gasteiger partial charge on any atom is -0.360 e. The number of hydrogen-bond donors (Lipinski definition) is 1. The topological polar surface area (TPSA) is 32.3 Å². The minimum absolute atomic E-state index is 0.0299. The first-order valence-corrected chi connectivity index (χ1v) is 12.0. The first-order valence-electron chi connectivity index (χ1n) is 11.6. The number of nitrogens with zero attached hydrogens (tertiary/aromatic N) is 1. The molecule has 4 aromatic rings. The lowest BCUT2D eigenvalue weighted by molar-refractivity contribution is 0.0924. The first-order chi connectivity index (χ1) is 16.4. The number of carbonyl (C=O) groups excluding carboxylic acids is 1.